The van der Waals surface area contributed by atoms with Gasteiger partial charge in [-0.1, -0.05) is 6.07 Å². The molecule has 6 heteroatoms. The molecule has 0 spiro atoms. The van der Waals surface area contributed by atoms with Crippen LogP contribution in [0.25, 0.3) is 0 Å². The number of benzene rings is 1. The maximum atomic E-state index is 12.5. The van der Waals surface area contributed by atoms with E-state index in [2.05, 4.69) is 28.9 Å². The third kappa shape index (κ3) is 4.67. The Balaban J connectivity index is 1.48. The summed E-state index contributed by atoms with van der Waals surface area (Å²) in [5.74, 6) is 0.0430. The second-order valence-corrected chi connectivity index (χ2v) is 7.60. The maximum Gasteiger partial charge on any atom is 0.282 e. The van der Waals surface area contributed by atoms with E-state index in [-0.39, 0.29) is 11.9 Å². The van der Waals surface area contributed by atoms with Crippen LogP contribution in [0.3, 0.4) is 0 Å². The van der Waals surface area contributed by atoms with E-state index in [4.69, 9.17) is 5.26 Å². The van der Waals surface area contributed by atoms with E-state index in [9.17, 15) is 4.79 Å². The van der Waals surface area contributed by atoms with Gasteiger partial charge < -0.3 is 15.1 Å². The topological polar surface area (TPSA) is 61.8 Å². The highest BCUT2D eigenvalue weighted by molar-refractivity contribution is 7.09. The zero-order chi connectivity index (χ0) is 17.6. The molecule has 1 atom stereocenters. The molecule has 2 heterocycles. The van der Waals surface area contributed by atoms with Gasteiger partial charge in [0.05, 0.1) is 16.5 Å². The smallest absolute Gasteiger partial charge is 0.282 e. The number of anilines is 1. The highest BCUT2D eigenvalue weighted by atomic mass is 32.1. The third-order valence-corrected chi connectivity index (χ3v) is 5.77. The number of amides is 1. The van der Waals surface area contributed by atoms with Crippen LogP contribution in [0.4, 0.5) is 5.69 Å². The summed E-state index contributed by atoms with van der Waals surface area (Å²) >= 11 is 1.82. The van der Waals surface area contributed by atoms with Crippen LogP contribution in [0.1, 0.15) is 17.4 Å². The summed E-state index contributed by atoms with van der Waals surface area (Å²) in [5, 5.41) is 13.9. The van der Waals surface area contributed by atoms with Gasteiger partial charge in [-0.15, -0.1) is 11.3 Å². The van der Waals surface area contributed by atoms with Crippen LogP contribution in [0.5, 0.6) is 0 Å². The fourth-order valence-corrected chi connectivity index (χ4v) is 4.03. The highest BCUT2D eigenvalue weighted by Gasteiger charge is 2.31. The number of nitriles is 1. The molecule has 0 saturated carbocycles. The van der Waals surface area contributed by atoms with Gasteiger partial charge >= 0.3 is 0 Å². The zero-order valence-electron chi connectivity index (χ0n) is 14.4. The van der Waals surface area contributed by atoms with Crippen LogP contribution in [0, 0.1) is 11.3 Å². The van der Waals surface area contributed by atoms with Crippen molar-refractivity contribution in [1.29, 1.82) is 5.26 Å². The van der Waals surface area contributed by atoms with Gasteiger partial charge in [-0.3, -0.25) is 4.79 Å². The van der Waals surface area contributed by atoms with Crippen molar-refractivity contribution in [3.8, 4) is 6.07 Å². The molecule has 2 aromatic rings. The van der Waals surface area contributed by atoms with Gasteiger partial charge in [0.25, 0.3) is 5.91 Å². The van der Waals surface area contributed by atoms with E-state index in [0.29, 0.717) is 5.56 Å². The Morgan fingerprint density at radius 1 is 1.24 bits per heavy atom. The maximum absolute atomic E-state index is 12.5. The van der Waals surface area contributed by atoms with Gasteiger partial charge in [-0.2, -0.15) is 5.26 Å². The fraction of sp³-hybridized carbons (Fsp3) is 0.368. The monoisotopic (exact) mass is 356 g/mol. The lowest BCUT2D eigenvalue weighted by Crippen LogP contribution is -3.29. The summed E-state index contributed by atoms with van der Waals surface area (Å²) in [4.78, 5) is 16.9. The van der Waals surface area contributed by atoms with Gasteiger partial charge in [0.15, 0.2) is 6.04 Å². The molecule has 3 N–H and O–H groups in total. The number of nitrogens with one attached hydrogen (secondary N) is 3. The summed E-state index contributed by atoms with van der Waals surface area (Å²) in [5.41, 5.74) is 1.35. The molecule has 1 amide bonds. The number of rotatable bonds is 5. The zero-order valence-corrected chi connectivity index (χ0v) is 15.2. The van der Waals surface area contributed by atoms with Gasteiger partial charge in [0, 0.05) is 5.69 Å². The summed E-state index contributed by atoms with van der Waals surface area (Å²) in [7, 11) is 0. The molecule has 0 bridgehead atoms. The van der Waals surface area contributed by atoms with Crippen LogP contribution in [-0.2, 0) is 11.3 Å². The predicted octanol–water partition coefficient (Wildman–Crippen LogP) is -0.0696. The SMILES string of the molecule is C[C@@H](C(=O)Nc1ccc(C#N)cc1)[NH+]1CC[NH+](Cc2cccs2)CC1. The molecule has 1 saturated heterocycles. The molecular formula is C19H24N4OS+2. The number of hydrogen-bond donors (Lipinski definition) is 3. The molecule has 1 aliphatic rings. The highest BCUT2D eigenvalue weighted by Crippen LogP contribution is 2.09. The van der Waals surface area contributed by atoms with Crippen molar-refractivity contribution in [2.75, 3.05) is 31.5 Å². The Hall–Kier alpha value is -2.20. The first-order valence-corrected chi connectivity index (χ1v) is 9.55. The number of hydrogen-bond acceptors (Lipinski definition) is 3. The molecule has 1 aromatic heterocycles. The van der Waals surface area contributed by atoms with Crippen molar-refractivity contribution in [2.24, 2.45) is 0 Å². The molecule has 130 valence electrons. The second-order valence-electron chi connectivity index (χ2n) is 6.56. The predicted molar refractivity (Wildman–Crippen MR) is 98.7 cm³/mol. The Morgan fingerprint density at radius 3 is 2.56 bits per heavy atom. The number of carbonyl (C=O) groups excluding carboxylic acids is 1. The van der Waals surface area contributed by atoms with Crippen LogP contribution < -0.4 is 15.1 Å². The molecule has 1 aliphatic heterocycles. The quantitative estimate of drug-likeness (QED) is 0.702. The minimum atomic E-state index is -0.0704. The Bertz CT molecular complexity index is 728. The summed E-state index contributed by atoms with van der Waals surface area (Å²) in [6.45, 7) is 7.32. The van der Waals surface area contributed by atoms with Crippen LogP contribution in [0.2, 0.25) is 0 Å². The molecule has 5 nitrogen and oxygen atoms in total. The lowest BCUT2D eigenvalue weighted by Gasteiger charge is -2.32. The summed E-state index contributed by atoms with van der Waals surface area (Å²) in [6.07, 6.45) is 0. The minimum Gasteiger partial charge on any atom is -0.321 e. The number of carbonyl (C=O) groups is 1. The van der Waals surface area contributed by atoms with Crippen LogP contribution >= 0.6 is 11.3 Å². The Labute approximate surface area is 152 Å². The molecule has 0 aliphatic carbocycles. The first kappa shape index (κ1) is 17.6. The molecule has 25 heavy (non-hydrogen) atoms. The van der Waals surface area contributed by atoms with Crippen molar-refractivity contribution < 1.29 is 14.6 Å². The molecule has 1 aromatic carbocycles. The third-order valence-electron chi connectivity index (χ3n) is 4.89. The molecular weight excluding hydrogens is 332 g/mol. The standard InChI is InChI=1S/C19H22N4OS/c1-15(19(24)21-17-6-4-16(13-20)5-7-17)23-10-8-22(9-11-23)14-18-3-2-12-25-18/h2-7,12,15H,8-11,14H2,1H3,(H,21,24)/p+2/t15-/m0/s1. The van der Waals surface area contributed by atoms with E-state index in [1.54, 1.807) is 29.2 Å². The van der Waals surface area contributed by atoms with Gasteiger partial charge in [-0.05, 0) is 42.6 Å². The number of nitrogens with zero attached hydrogens (tertiary/aromatic N) is 1. The largest absolute Gasteiger partial charge is 0.321 e. The second kappa shape index (κ2) is 8.26. The van der Waals surface area contributed by atoms with Crippen molar-refractivity contribution >= 4 is 22.9 Å². The number of quaternary nitrogens is 2. The van der Waals surface area contributed by atoms with E-state index in [0.717, 1.165) is 38.4 Å². The average molecular weight is 356 g/mol. The Kier molecular flexibility index (Phi) is 5.82. The van der Waals surface area contributed by atoms with Crippen molar-refractivity contribution in [1.82, 2.24) is 0 Å². The molecule has 3 rings (SSSR count). The summed E-state index contributed by atoms with van der Waals surface area (Å²) in [6, 6.07) is 13.3. The lowest BCUT2D eigenvalue weighted by atomic mass is 10.2. The van der Waals surface area contributed by atoms with Crippen molar-refractivity contribution in [3.05, 3.63) is 52.2 Å². The van der Waals surface area contributed by atoms with Crippen molar-refractivity contribution in [3.63, 3.8) is 0 Å². The number of thiophene rings is 1. The lowest BCUT2D eigenvalue weighted by molar-refractivity contribution is -1.02. The fourth-order valence-electron chi connectivity index (χ4n) is 3.26. The van der Waals surface area contributed by atoms with Crippen LogP contribution in [-0.4, -0.2) is 38.1 Å². The average Bonchev–Trinajstić information content (AvgIpc) is 3.15. The van der Waals surface area contributed by atoms with Gasteiger partial charge in [-0.25, -0.2) is 0 Å². The first-order chi connectivity index (χ1) is 12.2. The first-order valence-electron chi connectivity index (χ1n) is 8.67. The molecule has 1 fully saturated rings. The number of piperazine rings is 1. The van der Waals surface area contributed by atoms with Gasteiger partial charge in [0.2, 0.25) is 0 Å². The molecule has 0 radical (unpaired) electrons. The van der Waals surface area contributed by atoms with Gasteiger partial charge in [0.1, 0.15) is 32.7 Å². The molecule has 0 unspecified atom stereocenters. The van der Waals surface area contributed by atoms with E-state index in [1.165, 1.54) is 9.78 Å². The Morgan fingerprint density at radius 2 is 1.96 bits per heavy atom. The normalized spacial score (nSPS) is 21.3. The van der Waals surface area contributed by atoms with E-state index in [1.807, 2.05) is 18.3 Å². The van der Waals surface area contributed by atoms with Crippen molar-refractivity contribution in [2.45, 2.75) is 19.5 Å². The summed E-state index contributed by atoms with van der Waals surface area (Å²) < 4.78 is 0. The van der Waals surface area contributed by atoms with E-state index < -0.39 is 0 Å². The van der Waals surface area contributed by atoms with Crippen LogP contribution in [0.15, 0.2) is 41.8 Å². The van der Waals surface area contributed by atoms with E-state index >= 15 is 0 Å². The minimum absolute atomic E-state index is 0.0430.